The molecule has 0 radical (unpaired) electrons. The highest BCUT2D eigenvalue weighted by molar-refractivity contribution is 9.10. The largest absolute Gasteiger partial charge is 0.486 e. The first kappa shape index (κ1) is 22.5. The Balaban J connectivity index is 1.25. The summed E-state index contributed by atoms with van der Waals surface area (Å²) >= 11 is 3.49. The van der Waals surface area contributed by atoms with Crippen molar-refractivity contribution in [2.75, 3.05) is 50.8 Å². The first-order chi connectivity index (χ1) is 16.5. The monoisotopic (exact) mass is 529 g/mol. The van der Waals surface area contributed by atoms with Crippen LogP contribution in [0.3, 0.4) is 0 Å². The molecule has 0 spiro atoms. The standard InChI is InChI=1S/C24H24BrN3O6/c25-17-4-5-19-18(14-17)16(15-28(19)34-24(31)23(29)30)6-7-26-8-10-27(11-9-26)20-2-1-3-21-22(20)33-13-12-32-21/h1-5,14-15H,6-13H2,(H,29,30). The summed E-state index contributed by atoms with van der Waals surface area (Å²) in [5.74, 6) is -1.32. The predicted molar refractivity (Wildman–Crippen MR) is 129 cm³/mol. The van der Waals surface area contributed by atoms with Gasteiger partial charge in [0.2, 0.25) is 0 Å². The van der Waals surface area contributed by atoms with Crippen molar-refractivity contribution >= 4 is 44.5 Å². The van der Waals surface area contributed by atoms with Crippen molar-refractivity contribution in [3.8, 4) is 11.5 Å². The Labute approximate surface area is 204 Å². The molecule has 1 fully saturated rings. The molecular weight excluding hydrogens is 506 g/mol. The summed E-state index contributed by atoms with van der Waals surface area (Å²) in [6.07, 6.45) is 2.43. The van der Waals surface area contributed by atoms with Crippen molar-refractivity contribution in [2.24, 2.45) is 0 Å². The molecule has 0 unspecified atom stereocenters. The molecule has 0 bridgehead atoms. The summed E-state index contributed by atoms with van der Waals surface area (Å²) < 4.78 is 13.7. The minimum Gasteiger partial charge on any atom is -0.486 e. The summed E-state index contributed by atoms with van der Waals surface area (Å²) in [4.78, 5) is 32.3. The zero-order valence-corrected chi connectivity index (χ0v) is 20.0. The highest BCUT2D eigenvalue weighted by atomic mass is 79.9. The van der Waals surface area contributed by atoms with Crippen LogP contribution in [0.2, 0.25) is 0 Å². The number of anilines is 1. The van der Waals surface area contributed by atoms with E-state index in [9.17, 15) is 9.59 Å². The smallest absolute Gasteiger partial charge is 0.441 e. The van der Waals surface area contributed by atoms with Gasteiger partial charge in [0.15, 0.2) is 11.5 Å². The molecule has 10 heteroatoms. The van der Waals surface area contributed by atoms with Crippen LogP contribution in [0, 0.1) is 0 Å². The van der Waals surface area contributed by atoms with Gasteiger partial charge in [0, 0.05) is 48.8 Å². The lowest BCUT2D eigenvalue weighted by Crippen LogP contribution is -2.47. The average Bonchev–Trinajstić information content (AvgIpc) is 3.18. The fourth-order valence-electron chi connectivity index (χ4n) is 4.44. The molecule has 1 saturated heterocycles. The second-order valence-corrected chi connectivity index (χ2v) is 9.12. The average molecular weight is 530 g/mol. The van der Waals surface area contributed by atoms with Crippen LogP contribution < -0.4 is 19.2 Å². The van der Waals surface area contributed by atoms with Crippen molar-refractivity contribution in [3.63, 3.8) is 0 Å². The number of aromatic nitrogens is 1. The van der Waals surface area contributed by atoms with Gasteiger partial charge in [-0.2, -0.15) is 4.73 Å². The molecule has 0 atom stereocenters. The molecule has 178 valence electrons. The van der Waals surface area contributed by atoms with Crippen LogP contribution in [-0.4, -0.2) is 72.6 Å². The van der Waals surface area contributed by atoms with Gasteiger partial charge in [-0.15, -0.1) is 0 Å². The first-order valence-electron chi connectivity index (χ1n) is 11.1. The van der Waals surface area contributed by atoms with E-state index in [1.807, 2.05) is 24.3 Å². The third-order valence-electron chi connectivity index (χ3n) is 6.13. The molecule has 3 heterocycles. The summed E-state index contributed by atoms with van der Waals surface area (Å²) in [5, 5.41) is 9.80. The third-order valence-corrected chi connectivity index (χ3v) is 6.62. The van der Waals surface area contributed by atoms with E-state index in [0.29, 0.717) is 18.7 Å². The number of hydrogen-bond donors (Lipinski definition) is 1. The van der Waals surface area contributed by atoms with E-state index in [1.54, 1.807) is 12.3 Å². The lowest BCUT2D eigenvalue weighted by atomic mass is 10.1. The number of fused-ring (bicyclic) bond motifs is 2. The maximum absolute atomic E-state index is 11.6. The maximum atomic E-state index is 11.6. The number of carboxylic acids is 1. The normalized spacial score (nSPS) is 16.0. The van der Waals surface area contributed by atoms with Crippen LogP contribution in [-0.2, 0) is 16.0 Å². The molecule has 5 rings (SSSR count). The van der Waals surface area contributed by atoms with Gasteiger partial charge in [0.1, 0.15) is 13.2 Å². The van der Waals surface area contributed by atoms with Crippen molar-refractivity contribution in [1.82, 2.24) is 9.63 Å². The van der Waals surface area contributed by atoms with Crippen molar-refractivity contribution < 1.29 is 29.0 Å². The fraction of sp³-hybridized carbons (Fsp3) is 0.333. The van der Waals surface area contributed by atoms with Gasteiger partial charge >= 0.3 is 11.9 Å². The number of ether oxygens (including phenoxy) is 2. The Morgan fingerprint density at radius 3 is 2.65 bits per heavy atom. The number of halogens is 1. The number of rotatable bonds is 5. The summed E-state index contributed by atoms with van der Waals surface area (Å²) in [6, 6.07) is 11.6. The Hall–Kier alpha value is -3.24. The number of aliphatic carboxylic acids is 1. The summed E-state index contributed by atoms with van der Waals surface area (Å²) in [7, 11) is 0. The van der Waals surface area contributed by atoms with Crippen molar-refractivity contribution in [1.29, 1.82) is 0 Å². The highest BCUT2D eigenvalue weighted by Gasteiger charge is 2.24. The number of para-hydroxylation sites is 1. The van der Waals surface area contributed by atoms with Gasteiger partial charge in [0.25, 0.3) is 0 Å². The zero-order valence-electron chi connectivity index (χ0n) is 18.4. The number of carboxylic acid groups (broad SMARTS) is 1. The van der Waals surface area contributed by atoms with E-state index in [2.05, 4.69) is 31.8 Å². The van der Waals surface area contributed by atoms with Crippen LogP contribution in [0.15, 0.2) is 47.1 Å². The van der Waals surface area contributed by atoms with Gasteiger partial charge in [-0.3, -0.25) is 4.90 Å². The molecule has 34 heavy (non-hydrogen) atoms. The van der Waals surface area contributed by atoms with E-state index < -0.39 is 11.9 Å². The van der Waals surface area contributed by atoms with E-state index in [0.717, 1.165) is 71.8 Å². The molecular formula is C24H24BrN3O6. The van der Waals surface area contributed by atoms with E-state index in [1.165, 1.54) is 4.73 Å². The van der Waals surface area contributed by atoms with Crippen LogP contribution >= 0.6 is 15.9 Å². The number of nitrogens with zero attached hydrogens (tertiary/aromatic N) is 3. The number of piperazine rings is 1. The first-order valence-corrected chi connectivity index (χ1v) is 11.9. The Kier molecular flexibility index (Phi) is 6.34. The Morgan fingerprint density at radius 1 is 1.06 bits per heavy atom. The zero-order chi connectivity index (χ0) is 23.7. The molecule has 2 aliphatic rings. The molecule has 9 nitrogen and oxygen atoms in total. The summed E-state index contributed by atoms with van der Waals surface area (Å²) in [6.45, 7) is 5.54. The molecule has 2 aromatic carbocycles. The van der Waals surface area contributed by atoms with Crippen LogP contribution in [0.1, 0.15) is 5.56 Å². The number of carbonyl (C=O) groups is 2. The van der Waals surface area contributed by atoms with Gasteiger partial charge < -0.3 is 24.3 Å². The lowest BCUT2D eigenvalue weighted by Gasteiger charge is -2.37. The number of carbonyl (C=O) groups excluding carboxylic acids is 1. The molecule has 0 aliphatic carbocycles. The second-order valence-electron chi connectivity index (χ2n) is 8.21. The predicted octanol–water partition coefficient (Wildman–Crippen LogP) is 2.58. The molecule has 1 aromatic heterocycles. The van der Waals surface area contributed by atoms with Gasteiger partial charge in [0.05, 0.1) is 11.2 Å². The number of hydrogen-bond acceptors (Lipinski definition) is 7. The second kappa shape index (κ2) is 9.55. The highest BCUT2D eigenvalue weighted by Crippen LogP contribution is 2.39. The molecule has 2 aliphatic heterocycles. The maximum Gasteiger partial charge on any atom is 0.441 e. The van der Waals surface area contributed by atoms with E-state index in [-0.39, 0.29) is 0 Å². The molecule has 0 amide bonds. The van der Waals surface area contributed by atoms with Crippen molar-refractivity contribution in [3.05, 3.63) is 52.6 Å². The Morgan fingerprint density at radius 2 is 1.85 bits per heavy atom. The fourth-order valence-corrected chi connectivity index (χ4v) is 4.80. The number of benzene rings is 2. The molecule has 0 saturated carbocycles. The van der Waals surface area contributed by atoms with Crippen LogP contribution in [0.4, 0.5) is 5.69 Å². The minimum absolute atomic E-state index is 0.565. The van der Waals surface area contributed by atoms with Crippen LogP contribution in [0.25, 0.3) is 10.9 Å². The topological polar surface area (TPSA) is 93.5 Å². The summed E-state index contributed by atoms with van der Waals surface area (Å²) in [5.41, 5.74) is 2.71. The lowest BCUT2D eigenvalue weighted by molar-refractivity contribution is -0.163. The Bertz CT molecular complexity index is 1230. The van der Waals surface area contributed by atoms with Crippen molar-refractivity contribution in [2.45, 2.75) is 6.42 Å². The van der Waals surface area contributed by atoms with E-state index >= 15 is 0 Å². The quantitative estimate of drug-likeness (QED) is 0.504. The third kappa shape index (κ3) is 4.55. The molecule has 3 aromatic rings. The van der Waals surface area contributed by atoms with Gasteiger partial charge in [-0.25, -0.2) is 9.59 Å². The van der Waals surface area contributed by atoms with Crippen LogP contribution in [0.5, 0.6) is 11.5 Å². The van der Waals surface area contributed by atoms with E-state index in [4.69, 9.17) is 19.4 Å². The SMILES string of the molecule is O=C(O)C(=O)On1cc(CCN2CCN(c3cccc4c3OCCO4)CC2)c2cc(Br)ccc21. The van der Waals surface area contributed by atoms with Gasteiger partial charge in [-0.05, 0) is 42.3 Å². The minimum atomic E-state index is -1.63. The van der Waals surface area contributed by atoms with Gasteiger partial charge in [-0.1, -0.05) is 22.0 Å². The molecule has 1 N–H and O–H groups in total.